The highest BCUT2D eigenvalue weighted by Crippen LogP contribution is 2.38. The maximum atomic E-state index is 14.8. The zero-order valence-electron chi connectivity index (χ0n) is 55.9. The van der Waals surface area contributed by atoms with E-state index in [-0.39, 0.29) is 48.0 Å². The van der Waals surface area contributed by atoms with Crippen LogP contribution in [0.1, 0.15) is 135 Å². The van der Waals surface area contributed by atoms with Crippen LogP contribution in [-0.2, 0) is 60.3 Å². The molecule has 2 heterocycles. The smallest absolute Gasteiger partial charge is 0.410 e. The van der Waals surface area contributed by atoms with Crippen LogP contribution in [0.15, 0.2) is 78.9 Å². The van der Waals surface area contributed by atoms with Crippen molar-refractivity contribution < 1.29 is 72.0 Å². The Labute approximate surface area is 544 Å². The highest BCUT2D eigenvalue weighted by atomic mass is 31.2. The number of carbonyl (C=O) groups excluding carboxylic acids is 8. The summed E-state index contributed by atoms with van der Waals surface area (Å²) < 4.78 is 29.0. The van der Waals surface area contributed by atoms with E-state index >= 15 is 0 Å². The van der Waals surface area contributed by atoms with Crippen LogP contribution in [0.2, 0.25) is 0 Å². The Bertz CT molecular complexity index is 3190. The van der Waals surface area contributed by atoms with Gasteiger partial charge in [0.05, 0.1) is 48.8 Å². The summed E-state index contributed by atoms with van der Waals surface area (Å²) in [5.74, 6) is -5.58. The summed E-state index contributed by atoms with van der Waals surface area (Å²) in [5.41, 5.74) is 2.19. The Hall–Kier alpha value is -7.81. The molecule has 0 bridgehead atoms. The van der Waals surface area contributed by atoms with E-state index in [1.807, 2.05) is 32.0 Å². The van der Waals surface area contributed by atoms with E-state index < -0.39 is 134 Å². The van der Waals surface area contributed by atoms with Gasteiger partial charge in [0.1, 0.15) is 36.9 Å². The molecule has 510 valence electrons. The van der Waals surface area contributed by atoms with Crippen molar-refractivity contribution in [3.8, 4) is 11.4 Å². The summed E-state index contributed by atoms with van der Waals surface area (Å²) >= 11 is 0. The van der Waals surface area contributed by atoms with Gasteiger partial charge < -0.3 is 65.5 Å². The number of benzene rings is 3. The van der Waals surface area contributed by atoms with E-state index in [4.69, 9.17) is 24.0 Å². The van der Waals surface area contributed by atoms with Crippen LogP contribution in [0.25, 0.3) is 11.4 Å². The Kier molecular flexibility index (Phi) is 28.5. The molecule has 12 atom stereocenters. The van der Waals surface area contributed by atoms with Crippen LogP contribution < -0.4 is 26.6 Å². The minimum Gasteiger partial charge on any atom is -0.445 e. The molecule has 28 heteroatoms. The van der Waals surface area contributed by atoms with Crippen molar-refractivity contribution in [2.75, 3.05) is 40.2 Å². The predicted octanol–water partition coefficient (Wildman–Crippen LogP) is 5.40. The molecule has 0 radical (unpaired) electrons. The number of aromatic nitrogens is 4. The van der Waals surface area contributed by atoms with Gasteiger partial charge in [0.2, 0.25) is 41.3 Å². The number of ether oxygens (including phenoxy) is 3. The number of methoxy groups -OCH3 is 2. The molecule has 3 aromatic carbocycles. The third-order valence-electron chi connectivity index (χ3n) is 16.9. The first-order valence-corrected chi connectivity index (χ1v) is 33.2. The minimum absolute atomic E-state index is 0.0539. The van der Waals surface area contributed by atoms with Gasteiger partial charge in [-0.15, -0.1) is 20.4 Å². The molecule has 4 aromatic rings. The molecule has 8 amide bonds. The van der Waals surface area contributed by atoms with Gasteiger partial charge >= 0.3 is 13.7 Å². The molecule has 0 unspecified atom stereocenters. The number of hydrogen-bond donors (Lipinski definition) is 8. The molecule has 0 spiro atoms. The Balaban J connectivity index is 1.14. The predicted molar refractivity (Wildman–Crippen MR) is 346 cm³/mol. The number of likely N-dealkylation sites (N-methyl/N-ethyl adjacent to an activating group) is 2. The molecule has 1 aliphatic heterocycles. The normalized spacial score (nSPS) is 16.9. The van der Waals surface area contributed by atoms with Gasteiger partial charge in [-0.2, -0.15) is 0 Å². The topological polar surface area (TPSA) is 363 Å². The third kappa shape index (κ3) is 21.1. The van der Waals surface area contributed by atoms with Crippen molar-refractivity contribution >= 4 is 60.7 Å². The number of likely N-dealkylation sites (tertiary alicyclic amines) is 1. The second-order valence-corrected chi connectivity index (χ2v) is 26.6. The lowest BCUT2D eigenvalue weighted by Crippen LogP contribution is -2.60. The second-order valence-electron chi connectivity index (χ2n) is 25.0. The molecule has 27 nitrogen and oxygen atoms in total. The van der Waals surface area contributed by atoms with Crippen LogP contribution in [0.3, 0.4) is 0 Å². The molecule has 8 N–H and O–H groups in total. The zero-order valence-corrected chi connectivity index (χ0v) is 56.8. The number of carbonyl (C=O) groups is 8. The Morgan fingerprint density at radius 3 is 1.86 bits per heavy atom. The van der Waals surface area contributed by atoms with Crippen molar-refractivity contribution in [1.29, 1.82) is 0 Å². The van der Waals surface area contributed by atoms with Gasteiger partial charge in [0, 0.05) is 51.7 Å². The first-order valence-electron chi connectivity index (χ1n) is 31.4. The van der Waals surface area contributed by atoms with Crippen LogP contribution in [-0.4, -0.2) is 187 Å². The summed E-state index contributed by atoms with van der Waals surface area (Å²) in [4.78, 5) is 134. The van der Waals surface area contributed by atoms with Crippen LogP contribution in [0.4, 0.5) is 10.5 Å². The van der Waals surface area contributed by atoms with Gasteiger partial charge in [0.15, 0.2) is 5.82 Å². The number of amides is 8. The van der Waals surface area contributed by atoms with E-state index in [0.29, 0.717) is 48.2 Å². The van der Waals surface area contributed by atoms with Crippen molar-refractivity contribution in [3.05, 3.63) is 101 Å². The summed E-state index contributed by atoms with van der Waals surface area (Å²) in [7, 11) is 1.67. The first-order chi connectivity index (χ1) is 43.8. The summed E-state index contributed by atoms with van der Waals surface area (Å²) in [6.45, 7) is 19.7. The lowest BCUT2D eigenvalue weighted by molar-refractivity contribution is -0.148. The van der Waals surface area contributed by atoms with E-state index in [1.165, 1.54) is 57.4 Å². The van der Waals surface area contributed by atoms with Crippen molar-refractivity contribution in [1.82, 2.24) is 56.4 Å². The molecule has 5 rings (SSSR count). The largest absolute Gasteiger partial charge is 0.445 e. The number of nitrogens with zero attached hydrogens (tertiary/aromatic N) is 7. The van der Waals surface area contributed by atoms with E-state index in [1.54, 1.807) is 109 Å². The quantitative estimate of drug-likeness (QED) is 0.0284. The third-order valence-corrected chi connectivity index (χ3v) is 17.6. The number of hydrogen-bond acceptors (Lipinski definition) is 17. The Morgan fingerprint density at radius 1 is 0.699 bits per heavy atom. The number of rotatable bonds is 32. The molecule has 1 aromatic heterocycles. The van der Waals surface area contributed by atoms with E-state index in [0.717, 1.165) is 0 Å². The minimum atomic E-state index is -4.42. The van der Waals surface area contributed by atoms with Crippen molar-refractivity contribution in [2.24, 2.45) is 29.6 Å². The molecule has 93 heavy (non-hydrogen) atoms. The number of nitrogens with one attached hydrogen (secondary N) is 5. The lowest BCUT2D eigenvalue weighted by atomic mass is 9.89. The van der Waals surface area contributed by atoms with Crippen LogP contribution >= 0.6 is 7.60 Å². The monoisotopic (exact) mass is 1310 g/mol. The highest BCUT2D eigenvalue weighted by Gasteiger charge is 2.44. The van der Waals surface area contributed by atoms with Gasteiger partial charge in [-0.25, -0.2) is 4.79 Å². The molecule has 1 fully saturated rings. The Morgan fingerprint density at radius 2 is 1.31 bits per heavy atom. The molecular formula is C65H95N12O15P. The van der Waals surface area contributed by atoms with Gasteiger partial charge in [0.25, 0.3) is 5.91 Å². The molecule has 1 saturated heterocycles. The lowest BCUT2D eigenvalue weighted by Gasteiger charge is -2.41. The van der Waals surface area contributed by atoms with Crippen LogP contribution in [0.5, 0.6) is 0 Å². The van der Waals surface area contributed by atoms with Gasteiger partial charge in [-0.05, 0) is 85.8 Å². The average Bonchev–Trinajstić information content (AvgIpc) is 1.84. The fraction of sp³-hybridized carbons (Fsp3) is 0.569. The maximum Gasteiger partial charge on any atom is 0.410 e. The van der Waals surface area contributed by atoms with Gasteiger partial charge in [-0.1, -0.05) is 123 Å². The van der Waals surface area contributed by atoms with E-state index in [2.05, 4.69) is 47.0 Å². The van der Waals surface area contributed by atoms with Crippen LogP contribution in [0, 0.1) is 29.6 Å². The molecular weight excluding hydrogens is 1220 g/mol. The van der Waals surface area contributed by atoms with Gasteiger partial charge in [-0.3, -0.25) is 43.0 Å². The maximum absolute atomic E-state index is 14.8. The molecule has 0 saturated carbocycles. The van der Waals surface area contributed by atoms with E-state index in [9.17, 15) is 48.0 Å². The summed E-state index contributed by atoms with van der Waals surface area (Å²) in [6, 6.07) is 15.6. The summed E-state index contributed by atoms with van der Waals surface area (Å²) in [6.07, 6.45) is -2.10. The number of aliphatic hydroxyl groups is 1. The fourth-order valence-electron chi connectivity index (χ4n) is 11.4. The second kappa shape index (κ2) is 34.9. The standard InChI is InChI=1S/C65H95N12O15P/c1-16-39(8)55(49(90-14)33-51(78)77-32-20-23-48(77)57(91-15)40(9)59(80)66-41(10)56(79)44-21-18-17-19-22-44)75(12)64(85)53(37(4)5)70-63(84)54(38(6)7)76(13)65(86)92-34-43-24-30-47(31-25-43)68-60(81)42(11)67-62(83)52(36(2)3)69-61(82)46-28-26-45(27-29-46)58-73-71-50(72-74-58)35-93(87,88)89/h17-19,21-22,24-31,36-42,48-49,52-57,79H,16,20,23,32-35H2,1-15H3,(H,66,80)(H,67,83)(H,68,81)(H,69,82)(H,70,84)(H2,87,88,89)/t39-,40+,41+,42-,48-,49+,52-,53-,54-,55-,56+,57+/m0/s1. The summed E-state index contributed by atoms with van der Waals surface area (Å²) in [5, 5.41) is 40.0. The number of anilines is 1. The molecule has 1 aliphatic rings. The van der Waals surface area contributed by atoms with Crippen molar-refractivity contribution in [2.45, 2.75) is 175 Å². The fourth-order valence-corrected chi connectivity index (χ4v) is 11.9. The SMILES string of the molecule is CC[C@H](C)[C@@H]([C@@H](CC(=O)N1CCC[C@H]1[C@H](OC)[C@@H](C)C(=O)N[C@H](C)[C@@H](O)c1ccccc1)OC)N(C)C(=O)[C@@H](NC(=O)[C@H](C(C)C)N(C)C(=O)OCc1ccc(NC(=O)[C@H](C)NC(=O)[C@@H](NC(=O)c2ccc(-c3nnc(CP(=O)(O)O)nn3)cc2)C(C)C)cc1)C(C)C. The average molecular weight is 1320 g/mol. The molecule has 0 aliphatic carbocycles. The zero-order chi connectivity index (χ0) is 69.2. The van der Waals surface area contributed by atoms with Crippen molar-refractivity contribution in [3.63, 3.8) is 0 Å². The number of aliphatic hydroxyl groups excluding tert-OH is 1. The first kappa shape index (κ1) is 75.9. The highest BCUT2D eigenvalue weighted by molar-refractivity contribution is 7.50.